The fourth-order valence-electron chi connectivity index (χ4n) is 3.62. The monoisotopic (exact) mass is 486 g/mol. The van der Waals surface area contributed by atoms with Gasteiger partial charge in [-0.1, -0.05) is 42.8 Å². The summed E-state index contributed by atoms with van der Waals surface area (Å²) in [4.78, 5) is 14.9. The van der Waals surface area contributed by atoms with Crippen molar-refractivity contribution in [1.82, 2.24) is 0 Å². The lowest BCUT2D eigenvalue weighted by molar-refractivity contribution is -0.118. The average Bonchev–Trinajstić information content (AvgIpc) is 3.22. The lowest BCUT2D eigenvalue weighted by atomic mass is 10.2. The first-order valence-corrected chi connectivity index (χ1v) is 13.1. The number of nitrogens with one attached hydrogen (secondary N) is 1. The first-order valence-electron chi connectivity index (χ1n) is 10.3. The molecule has 32 heavy (non-hydrogen) atoms. The van der Waals surface area contributed by atoms with Gasteiger partial charge in [-0.3, -0.25) is 9.52 Å². The van der Waals surface area contributed by atoms with E-state index in [-0.39, 0.29) is 10.8 Å². The van der Waals surface area contributed by atoms with Crippen LogP contribution in [0.4, 0.5) is 11.4 Å². The second kappa shape index (κ2) is 9.57. The number of hydrogen-bond acceptors (Lipinski definition) is 4. The Hall–Kier alpha value is -2.48. The van der Waals surface area contributed by atoms with Crippen molar-refractivity contribution >= 4 is 50.7 Å². The van der Waals surface area contributed by atoms with E-state index < -0.39 is 10.0 Å². The molecule has 3 aromatic carbocycles. The topological polar surface area (TPSA) is 66.5 Å². The van der Waals surface area contributed by atoms with Crippen LogP contribution in [0.2, 0.25) is 5.02 Å². The number of thioether (sulfide) groups is 1. The molecular formula is C24H23ClN2O3S2. The Morgan fingerprint density at radius 1 is 1.09 bits per heavy atom. The van der Waals surface area contributed by atoms with Gasteiger partial charge in [-0.15, -0.1) is 11.8 Å². The highest BCUT2D eigenvalue weighted by atomic mass is 35.5. The number of nitrogens with zero attached hydrogens (tertiary/aromatic N) is 1. The van der Waals surface area contributed by atoms with Gasteiger partial charge in [-0.25, -0.2) is 8.42 Å². The van der Waals surface area contributed by atoms with Crippen molar-refractivity contribution in [3.8, 4) is 0 Å². The van der Waals surface area contributed by atoms with E-state index >= 15 is 0 Å². The van der Waals surface area contributed by atoms with Crippen LogP contribution in [0.15, 0.2) is 76.5 Å². The zero-order chi connectivity index (χ0) is 22.7. The molecule has 0 fully saturated rings. The van der Waals surface area contributed by atoms with Crippen LogP contribution in [0.25, 0.3) is 0 Å². The maximum atomic E-state index is 13.1. The third kappa shape index (κ3) is 4.95. The predicted molar refractivity (Wildman–Crippen MR) is 131 cm³/mol. The second-order valence-corrected chi connectivity index (χ2v) is 10.6. The molecule has 1 aliphatic rings. The summed E-state index contributed by atoms with van der Waals surface area (Å²) in [6, 6.07) is 19.9. The van der Waals surface area contributed by atoms with Crippen molar-refractivity contribution in [3.05, 3.63) is 82.9 Å². The lowest BCUT2D eigenvalue weighted by Gasteiger charge is -2.17. The van der Waals surface area contributed by atoms with Crippen LogP contribution in [0.3, 0.4) is 0 Å². The molecule has 0 saturated carbocycles. The second-order valence-electron chi connectivity index (χ2n) is 7.46. The van der Waals surface area contributed by atoms with Crippen LogP contribution in [0.5, 0.6) is 0 Å². The lowest BCUT2D eigenvalue weighted by Crippen LogP contribution is -2.27. The van der Waals surface area contributed by atoms with Gasteiger partial charge in [0.15, 0.2) is 0 Å². The molecule has 1 N–H and O–H groups in total. The van der Waals surface area contributed by atoms with E-state index in [9.17, 15) is 13.2 Å². The molecule has 1 heterocycles. The molecule has 8 heteroatoms. The van der Waals surface area contributed by atoms with Crippen LogP contribution in [-0.2, 0) is 27.0 Å². The number of rotatable bonds is 7. The van der Waals surface area contributed by atoms with Crippen LogP contribution in [-0.4, -0.2) is 20.9 Å². The number of anilines is 2. The smallest absolute Gasteiger partial charge is 0.261 e. The standard InChI is InChI=1S/C24H23ClN2O3S2/c1-2-24(28)27-14-13-18-15-20(11-12-22(18)27)32(29,30)26-21-5-3-4-6-23(21)31-16-17-7-9-19(25)10-8-17/h3-12,15,26H,2,13-14,16H2,1H3. The van der Waals surface area contributed by atoms with Crippen molar-refractivity contribution in [2.45, 2.75) is 35.3 Å². The van der Waals surface area contributed by atoms with Crippen LogP contribution in [0, 0.1) is 0 Å². The molecule has 1 aliphatic heterocycles. The number of hydrogen-bond donors (Lipinski definition) is 1. The molecule has 0 radical (unpaired) electrons. The normalized spacial score (nSPS) is 13.1. The summed E-state index contributed by atoms with van der Waals surface area (Å²) in [5.41, 5.74) is 3.31. The molecular weight excluding hydrogens is 464 g/mol. The Kier molecular flexibility index (Phi) is 6.79. The summed E-state index contributed by atoms with van der Waals surface area (Å²) in [7, 11) is -3.77. The van der Waals surface area contributed by atoms with Gasteiger partial charge in [0.2, 0.25) is 5.91 Å². The maximum Gasteiger partial charge on any atom is 0.261 e. The fourth-order valence-corrected chi connectivity index (χ4v) is 5.90. The molecule has 5 nitrogen and oxygen atoms in total. The predicted octanol–water partition coefficient (Wildman–Crippen LogP) is 5.73. The Labute approximate surface area is 197 Å². The van der Waals surface area contributed by atoms with Crippen molar-refractivity contribution < 1.29 is 13.2 Å². The highest BCUT2D eigenvalue weighted by Gasteiger charge is 2.26. The fraction of sp³-hybridized carbons (Fsp3) is 0.208. The van der Waals surface area contributed by atoms with E-state index in [0.29, 0.717) is 35.8 Å². The first-order chi connectivity index (χ1) is 15.4. The summed E-state index contributed by atoms with van der Waals surface area (Å²) in [6.07, 6.45) is 1.07. The number of carbonyl (C=O) groups excluding carboxylic acids is 1. The van der Waals surface area contributed by atoms with Gasteiger partial charge >= 0.3 is 0 Å². The van der Waals surface area contributed by atoms with Crippen molar-refractivity contribution in [3.63, 3.8) is 0 Å². The maximum absolute atomic E-state index is 13.1. The number of fused-ring (bicyclic) bond motifs is 1. The highest BCUT2D eigenvalue weighted by Crippen LogP contribution is 2.34. The third-order valence-electron chi connectivity index (χ3n) is 5.30. The number of benzene rings is 3. The molecule has 0 aromatic heterocycles. The third-order valence-corrected chi connectivity index (χ3v) is 8.06. The summed E-state index contributed by atoms with van der Waals surface area (Å²) in [5.74, 6) is 0.736. The summed E-state index contributed by atoms with van der Waals surface area (Å²) < 4.78 is 29.0. The molecule has 0 unspecified atom stereocenters. The number of amides is 1. The van der Waals surface area contributed by atoms with Crippen LogP contribution < -0.4 is 9.62 Å². The van der Waals surface area contributed by atoms with Gasteiger partial charge in [-0.05, 0) is 60.0 Å². The number of halogens is 1. The van der Waals surface area contributed by atoms with Gasteiger partial charge < -0.3 is 4.90 Å². The van der Waals surface area contributed by atoms with E-state index in [1.165, 1.54) is 0 Å². The Morgan fingerprint density at radius 3 is 2.59 bits per heavy atom. The molecule has 166 valence electrons. The molecule has 4 rings (SSSR count). The van der Waals surface area contributed by atoms with Gasteiger partial charge in [0.25, 0.3) is 10.0 Å². The van der Waals surface area contributed by atoms with E-state index in [2.05, 4.69) is 4.72 Å². The summed E-state index contributed by atoms with van der Waals surface area (Å²) in [6.45, 7) is 2.41. The average molecular weight is 487 g/mol. The summed E-state index contributed by atoms with van der Waals surface area (Å²) >= 11 is 7.50. The van der Waals surface area contributed by atoms with Crippen LogP contribution >= 0.6 is 23.4 Å². The molecule has 1 amide bonds. The van der Waals surface area contributed by atoms with Gasteiger partial charge in [-0.2, -0.15) is 0 Å². The zero-order valence-corrected chi connectivity index (χ0v) is 19.9. The molecule has 0 saturated heterocycles. The number of para-hydroxylation sites is 1. The van der Waals surface area contributed by atoms with Crippen molar-refractivity contribution in [1.29, 1.82) is 0 Å². The zero-order valence-electron chi connectivity index (χ0n) is 17.5. The number of carbonyl (C=O) groups is 1. The van der Waals surface area contributed by atoms with E-state index in [1.807, 2.05) is 43.3 Å². The molecule has 0 spiro atoms. The molecule has 0 atom stereocenters. The molecule has 0 aliphatic carbocycles. The van der Waals surface area contributed by atoms with Crippen LogP contribution in [0.1, 0.15) is 24.5 Å². The minimum absolute atomic E-state index is 0.0455. The first kappa shape index (κ1) is 22.7. The Balaban J connectivity index is 1.53. The highest BCUT2D eigenvalue weighted by molar-refractivity contribution is 7.98. The van der Waals surface area contributed by atoms with E-state index in [0.717, 1.165) is 21.7 Å². The van der Waals surface area contributed by atoms with E-state index in [4.69, 9.17) is 11.6 Å². The summed E-state index contributed by atoms with van der Waals surface area (Å²) in [5, 5.41) is 0.684. The van der Waals surface area contributed by atoms with Crippen molar-refractivity contribution in [2.24, 2.45) is 0 Å². The van der Waals surface area contributed by atoms with Gasteiger partial charge in [0.1, 0.15) is 0 Å². The minimum atomic E-state index is -3.77. The van der Waals surface area contributed by atoms with Gasteiger partial charge in [0, 0.05) is 34.3 Å². The van der Waals surface area contributed by atoms with Gasteiger partial charge in [0.05, 0.1) is 10.6 Å². The quantitative estimate of drug-likeness (QED) is 0.433. The van der Waals surface area contributed by atoms with E-state index in [1.54, 1.807) is 47.0 Å². The molecule has 3 aromatic rings. The SMILES string of the molecule is CCC(=O)N1CCc2cc(S(=O)(=O)Nc3ccccc3SCc3ccc(Cl)cc3)ccc21. The minimum Gasteiger partial charge on any atom is -0.312 e. The van der Waals surface area contributed by atoms with Crippen molar-refractivity contribution in [2.75, 3.05) is 16.2 Å². The molecule has 0 bridgehead atoms. The Bertz CT molecular complexity index is 1240. The largest absolute Gasteiger partial charge is 0.312 e. The number of sulfonamides is 1. The Morgan fingerprint density at radius 2 is 1.84 bits per heavy atom.